The Morgan fingerprint density at radius 3 is 2.33 bits per heavy atom. The van der Waals surface area contributed by atoms with Crippen molar-refractivity contribution in [1.29, 1.82) is 0 Å². The molecule has 2 aliphatic heterocycles. The number of aliphatic hydroxyl groups is 2. The predicted molar refractivity (Wildman–Crippen MR) is 168 cm³/mol. The Bertz CT molecular complexity index is 1430. The minimum absolute atomic E-state index is 0.108. The van der Waals surface area contributed by atoms with E-state index < -0.39 is 11.2 Å². The van der Waals surface area contributed by atoms with Gasteiger partial charge in [-0.25, -0.2) is 4.79 Å². The second kappa shape index (κ2) is 11.8. The molecule has 5 nitrogen and oxygen atoms in total. The van der Waals surface area contributed by atoms with Gasteiger partial charge in [0, 0.05) is 22.8 Å². The SMILES string of the molecule is CC1=C(C#C/C(C)=C/C=C/C=C/C=C(C)/C=C2C=C(/C=C/C34OC3(C)CC(O)CC4(C)C)C(=O)O/2)C(C)(C)CC(O)C1. The van der Waals surface area contributed by atoms with Crippen LogP contribution in [0.3, 0.4) is 0 Å². The second-order valence-electron chi connectivity index (χ2n) is 13.8. The van der Waals surface area contributed by atoms with E-state index >= 15 is 0 Å². The number of hydrogen-bond acceptors (Lipinski definition) is 5. The van der Waals surface area contributed by atoms with Crippen LogP contribution < -0.4 is 0 Å². The summed E-state index contributed by atoms with van der Waals surface area (Å²) in [5.74, 6) is 6.73. The van der Waals surface area contributed by atoms with E-state index in [1.807, 2.05) is 69.4 Å². The zero-order valence-electron chi connectivity index (χ0n) is 26.4. The quantitative estimate of drug-likeness (QED) is 0.154. The van der Waals surface area contributed by atoms with Crippen molar-refractivity contribution < 1.29 is 24.5 Å². The predicted octanol–water partition coefficient (Wildman–Crippen LogP) is 7.12. The Hall–Kier alpha value is -3.17. The van der Waals surface area contributed by atoms with Crippen LogP contribution in [0.1, 0.15) is 81.1 Å². The topological polar surface area (TPSA) is 79.3 Å². The molecule has 0 aromatic heterocycles. The lowest BCUT2D eigenvalue weighted by molar-refractivity contribution is -0.132. The van der Waals surface area contributed by atoms with Crippen molar-refractivity contribution in [1.82, 2.24) is 0 Å². The smallest absolute Gasteiger partial charge is 0.343 e. The number of esters is 1. The van der Waals surface area contributed by atoms with Gasteiger partial charge in [0.25, 0.3) is 0 Å². The molecule has 224 valence electrons. The molecule has 1 saturated carbocycles. The molecular weight excluding hydrogens is 524 g/mol. The van der Waals surface area contributed by atoms with Crippen LogP contribution in [0, 0.1) is 22.7 Å². The molecule has 0 radical (unpaired) electrons. The molecule has 4 atom stereocenters. The molecule has 0 aromatic carbocycles. The summed E-state index contributed by atoms with van der Waals surface area (Å²) in [4.78, 5) is 12.5. The number of carbonyl (C=O) groups is 1. The highest BCUT2D eigenvalue weighted by molar-refractivity contribution is 5.95. The number of epoxide rings is 1. The number of cyclic esters (lactones) is 1. The van der Waals surface area contributed by atoms with Gasteiger partial charge in [-0.05, 0) is 82.4 Å². The largest absolute Gasteiger partial charge is 0.423 e. The van der Waals surface area contributed by atoms with Gasteiger partial charge in [0.2, 0.25) is 0 Å². The molecule has 2 N–H and O–H groups in total. The van der Waals surface area contributed by atoms with Crippen LogP contribution >= 0.6 is 0 Å². The summed E-state index contributed by atoms with van der Waals surface area (Å²) in [5.41, 5.74) is 3.47. The third-order valence-electron chi connectivity index (χ3n) is 8.93. The number of carbonyl (C=O) groups excluding carboxylic acids is 1. The van der Waals surface area contributed by atoms with E-state index in [2.05, 4.69) is 46.5 Å². The molecule has 4 aliphatic rings. The Morgan fingerprint density at radius 2 is 1.67 bits per heavy atom. The van der Waals surface area contributed by atoms with Crippen LogP contribution in [0.4, 0.5) is 0 Å². The van der Waals surface area contributed by atoms with Crippen LogP contribution in [0.5, 0.6) is 0 Å². The molecule has 42 heavy (non-hydrogen) atoms. The monoisotopic (exact) mass is 570 g/mol. The Labute approximate surface area is 251 Å². The lowest BCUT2D eigenvalue weighted by Crippen LogP contribution is -2.46. The minimum atomic E-state index is -0.491. The maximum atomic E-state index is 12.5. The lowest BCUT2D eigenvalue weighted by Gasteiger charge is -2.39. The Balaban J connectivity index is 1.34. The fourth-order valence-corrected chi connectivity index (χ4v) is 6.96. The molecule has 0 amide bonds. The zero-order valence-corrected chi connectivity index (χ0v) is 26.4. The highest BCUT2D eigenvalue weighted by Gasteiger charge is 2.74. The molecule has 0 aromatic rings. The Kier molecular flexibility index (Phi) is 8.95. The second-order valence-corrected chi connectivity index (χ2v) is 13.8. The fourth-order valence-electron chi connectivity index (χ4n) is 6.96. The number of rotatable bonds is 6. The van der Waals surface area contributed by atoms with Gasteiger partial charge in [-0.1, -0.05) is 81.6 Å². The summed E-state index contributed by atoms with van der Waals surface area (Å²) < 4.78 is 11.6. The van der Waals surface area contributed by atoms with Crippen molar-refractivity contribution in [3.8, 4) is 11.8 Å². The van der Waals surface area contributed by atoms with Crippen molar-refractivity contribution in [3.63, 3.8) is 0 Å². The van der Waals surface area contributed by atoms with Crippen LogP contribution in [0.25, 0.3) is 0 Å². The standard InChI is InChI=1S/C37H46O5/c1-25(15-16-32-27(3)20-29(38)22-34(32,4)5)13-11-9-10-12-14-26(2)19-31-21-28(33(40)41-31)17-18-37-35(6,7)23-30(39)24-36(37,8)42-37/h9-14,17-19,21,29-30,38-39H,20,22-24H2,1-8H3/b11-9+,12-10+,18-17+,25-13+,26-14+,31-19-. The lowest BCUT2D eigenvalue weighted by atomic mass is 9.63. The van der Waals surface area contributed by atoms with E-state index in [4.69, 9.17) is 9.47 Å². The first-order valence-electron chi connectivity index (χ1n) is 14.9. The molecule has 1 saturated heterocycles. The van der Waals surface area contributed by atoms with Gasteiger partial charge < -0.3 is 19.7 Å². The number of aliphatic hydroxyl groups excluding tert-OH is 2. The van der Waals surface area contributed by atoms with Gasteiger partial charge in [-0.3, -0.25) is 0 Å². The molecule has 4 rings (SSSR count). The molecule has 2 heterocycles. The minimum Gasteiger partial charge on any atom is -0.423 e. The molecule has 0 bridgehead atoms. The van der Waals surface area contributed by atoms with E-state index in [9.17, 15) is 15.0 Å². The summed E-state index contributed by atoms with van der Waals surface area (Å²) in [6, 6.07) is 0. The van der Waals surface area contributed by atoms with E-state index in [1.165, 1.54) is 5.57 Å². The van der Waals surface area contributed by atoms with Crippen LogP contribution in [0.2, 0.25) is 0 Å². The fraction of sp³-hybridized carbons (Fsp3) is 0.486. The van der Waals surface area contributed by atoms with E-state index in [0.717, 1.165) is 23.1 Å². The highest BCUT2D eigenvalue weighted by atomic mass is 16.6. The summed E-state index contributed by atoms with van der Waals surface area (Å²) in [5, 5.41) is 20.3. The van der Waals surface area contributed by atoms with E-state index in [1.54, 1.807) is 12.2 Å². The molecule has 2 fully saturated rings. The van der Waals surface area contributed by atoms with Gasteiger partial charge >= 0.3 is 5.97 Å². The molecule has 0 spiro atoms. The van der Waals surface area contributed by atoms with E-state index in [0.29, 0.717) is 30.6 Å². The first kappa shape index (κ1) is 31.8. The van der Waals surface area contributed by atoms with Crippen molar-refractivity contribution in [2.24, 2.45) is 10.8 Å². The van der Waals surface area contributed by atoms with Gasteiger partial charge in [0.05, 0.1) is 17.8 Å². The zero-order chi connectivity index (χ0) is 30.9. The number of allylic oxidation sites excluding steroid dienone is 11. The third-order valence-corrected chi connectivity index (χ3v) is 8.93. The van der Waals surface area contributed by atoms with Crippen LogP contribution in [-0.2, 0) is 14.3 Å². The molecular formula is C37H46O5. The molecule has 4 unspecified atom stereocenters. The normalized spacial score (nSPS) is 33.7. The number of ether oxygens (including phenoxy) is 2. The van der Waals surface area contributed by atoms with Gasteiger partial charge in [0.15, 0.2) is 0 Å². The van der Waals surface area contributed by atoms with Crippen LogP contribution in [0.15, 0.2) is 94.4 Å². The maximum absolute atomic E-state index is 12.5. The molecule has 2 aliphatic carbocycles. The van der Waals surface area contributed by atoms with Crippen molar-refractivity contribution in [2.75, 3.05) is 0 Å². The van der Waals surface area contributed by atoms with Crippen molar-refractivity contribution >= 4 is 5.97 Å². The number of fused-ring (bicyclic) bond motifs is 1. The third kappa shape index (κ3) is 6.73. The molecule has 5 heteroatoms. The average molecular weight is 571 g/mol. The summed E-state index contributed by atoms with van der Waals surface area (Å²) >= 11 is 0. The highest BCUT2D eigenvalue weighted by Crippen LogP contribution is 2.66. The van der Waals surface area contributed by atoms with Gasteiger partial charge in [0.1, 0.15) is 17.0 Å². The average Bonchev–Trinajstić information content (AvgIpc) is 3.32. The number of hydrogen-bond donors (Lipinski definition) is 2. The first-order valence-corrected chi connectivity index (χ1v) is 14.9. The van der Waals surface area contributed by atoms with Gasteiger partial charge in [-0.2, -0.15) is 0 Å². The van der Waals surface area contributed by atoms with Crippen molar-refractivity contribution in [3.05, 3.63) is 94.4 Å². The van der Waals surface area contributed by atoms with Gasteiger partial charge in [-0.15, -0.1) is 0 Å². The Morgan fingerprint density at radius 1 is 0.976 bits per heavy atom. The van der Waals surface area contributed by atoms with Crippen molar-refractivity contribution in [2.45, 2.75) is 104 Å². The summed E-state index contributed by atoms with van der Waals surface area (Å²) in [6.07, 6.45) is 21.1. The first-order chi connectivity index (χ1) is 19.6. The maximum Gasteiger partial charge on any atom is 0.343 e. The summed E-state index contributed by atoms with van der Waals surface area (Å²) in [6.45, 7) is 16.5. The van der Waals surface area contributed by atoms with Crippen LogP contribution in [-0.4, -0.2) is 39.6 Å². The summed E-state index contributed by atoms with van der Waals surface area (Å²) in [7, 11) is 0. The van der Waals surface area contributed by atoms with E-state index in [-0.39, 0.29) is 29.0 Å².